The van der Waals surface area contributed by atoms with Gasteiger partial charge in [0, 0.05) is 32.7 Å². The molecule has 2 aromatic rings. The Labute approximate surface area is 177 Å². The van der Waals surface area contributed by atoms with E-state index in [4.69, 9.17) is 9.73 Å². The number of methoxy groups -OCH3 is 1. The molecule has 2 heterocycles. The fourth-order valence-corrected chi connectivity index (χ4v) is 3.74. The van der Waals surface area contributed by atoms with Crippen molar-refractivity contribution in [1.82, 2.24) is 10.2 Å². The third-order valence-electron chi connectivity index (χ3n) is 4.28. The molecular formula is C19H27IN4OS. The van der Waals surface area contributed by atoms with Crippen LogP contribution in [0.1, 0.15) is 12.5 Å². The number of piperazine rings is 1. The number of hydrogen-bond donors (Lipinski definition) is 1. The summed E-state index contributed by atoms with van der Waals surface area (Å²) >= 11 is 1.81. The SMILES string of the molecule is CCNC(=NCc1cccc(OC)c1)N1CCN(c2cccs2)CC1.I. The largest absolute Gasteiger partial charge is 0.497 e. The number of thiophene rings is 1. The molecule has 1 fully saturated rings. The molecule has 7 heteroatoms. The quantitative estimate of drug-likeness (QED) is 0.398. The van der Waals surface area contributed by atoms with Crippen molar-refractivity contribution < 1.29 is 4.74 Å². The number of benzene rings is 1. The Balaban J connectivity index is 0.00000243. The Kier molecular flexibility index (Phi) is 8.50. The second kappa shape index (κ2) is 10.6. The number of halogens is 1. The van der Waals surface area contributed by atoms with Crippen molar-refractivity contribution in [2.24, 2.45) is 4.99 Å². The van der Waals surface area contributed by atoms with Crippen molar-refractivity contribution >= 4 is 46.3 Å². The number of aliphatic imine (C=N–C) groups is 1. The normalized spacial score (nSPS) is 14.8. The Hall–Kier alpha value is -1.48. The molecule has 0 aliphatic carbocycles. The van der Waals surface area contributed by atoms with Gasteiger partial charge in [-0.25, -0.2) is 4.99 Å². The predicted octanol–water partition coefficient (Wildman–Crippen LogP) is 3.66. The van der Waals surface area contributed by atoms with E-state index < -0.39 is 0 Å². The summed E-state index contributed by atoms with van der Waals surface area (Å²) in [6, 6.07) is 12.4. The molecule has 1 aromatic heterocycles. The van der Waals surface area contributed by atoms with Crippen LogP contribution in [0.5, 0.6) is 5.75 Å². The van der Waals surface area contributed by atoms with Crippen LogP contribution in [-0.2, 0) is 6.54 Å². The van der Waals surface area contributed by atoms with Crippen molar-refractivity contribution in [2.75, 3.05) is 44.7 Å². The number of hydrogen-bond acceptors (Lipinski definition) is 4. The molecule has 0 unspecified atom stereocenters. The standard InChI is InChI=1S/C19H26N4OS.HI/c1-3-20-19(21-15-16-6-4-7-17(14-16)24-2)23-11-9-22(10-12-23)18-8-5-13-25-18;/h4-8,13-14H,3,9-12,15H2,1-2H3,(H,20,21);1H. The van der Waals surface area contributed by atoms with Gasteiger partial charge in [0.2, 0.25) is 0 Å². The number of guanidine groups is 1. The fraction of sp³-hybridized carbons (Fsp3) is 0.421. The molecule has 0 bridgehead atoms. The summed E-state index contributed by atoms with van der Waals surface area (Å²) in [7, 11) is 1.69. The minimum Gasteiger partial charge on any atom is -0.497 e. The number of nitrogens with one attached hydrogen (secondary N) is 1. The highest BCUT2D eigenvalue weighted by atomic mass is 127. The van der Waals surface area contributed by atoms with Gasteiger partial charge in [-0.05, 0) is 42.1 Å². The highest BCUT2D eigenvalue weighted by molar-refractivity contribution is 14.0. The first-order valence-corrected chi connectivity index (χ1v) is 9.62. The molecule has 1 N–H and O–H groups in total. The van der Waals surface area contributed by atoms with E-state index >= 15 is 0 Å². The van der Waals surface area contributed by atoms with E-state index in [0.717, 1.165) is 50.0 Å². The van der Waals surface area contributed by atoms with Crippen LogP contribution in [0.15, 0.2) is 46.8 Å². The summed E-state index contributed by atoms with van der Waals surface area (Å²) in [5.74, 6) is 1.87. The van der Waals surface area contributed by atoms with E-state index in [2.05, 4.69) is 45.6 Å². The number of nitrogens with zero attached hydrogens (tertiary/aromatic N) is 3. The van der Waals surface area contributed by atoms with E-state index in [-0.39, 0.29) is 24.0 Å². The molecule has 1 saturated heterocycles. The zero-order valence-corrected chi connectivity index (χ0v) is 18.5. The summed E-state index contributed by atoms with van der Waals surface area (Å²) in [5, 5.41) is 6.93. The topological polar surface area (TPSA) is 40.1 Å². The molecule has 142 valence electrons. The van der Waals surface area contributed by atoms with Crippen LogP contribution in [-0.4, -0.2) is 50.7 Å². The molecule has 5 nitrogen and oxygen atoms in total. The van der Waals surface area contributed by atoms with Crippen molar-refractivity contribution in [3.63, 3.8) is 0 Å². The first-order valence-electron chi connectivity index (χ1n) is 8.75. The van der Waals surface area contributed by atoms with E-state index in [1.807, 2.05) is 29.5 Å². The van der Waals surface area contributed by atoms with E-state index in [0.29, 0.717) is 6.54 Å². The molecule has 3 rings (SSSR count). The van der Waals surface area contributed by atoms with Crippen LogP contribution in [0.4, 0.5) is 5.00 Å². The maximum Gasteiger partial charge on any atom is 0.194 e. The zero-order valence-electron chi connectivity index (χ0n) is 15.4. The maximum absolute atomic E-state index is 5.29. The van der Waals surface area contributed by atoms with Gasteiger partial charge in [0.25, 0.3) is 0 Å². The first-order chi connectivity index (χ1) is 12.3. The first kappa shape index (κ1) is 20.8. The Morgan fingerprint density at radius 2 is 2.00 bits per heavy atom. The molecule has 1 aliphatic rings. The van der Waals surface area contributed by atoms with Crippen LogP contribution in [0.3, 0.4) is 0 Å². The highest BCUT2D eigenvalue weighted by Crippen LogP contribution is 2.22. The van der Waals surface area contributed by atoms with Crippen LogP contribution in [0.2, 0.25) is 0 Å². The molecule has 0 saturated carbocycles. The van der Waals surface area contributed by atoms with Gasteiger partial charge in [0.15, 0.2) is 5.96 Å². The van der Waals surface area contributed by atoms with E-state index in [1.54, 1.807) is 7.11 Å². The molecule has 1 aromatic carbocycles. The van der Waals surface area contributed by atoms with Crippen molar-refractivity contribution in [2.45, 2.75) is 13.5 Å². The summed E-state index contributed by atoms with van der Waals surface area (Å²) in [5.41, 5.74) is 1.16. The number of ether oxygens (including phenoxy) is 1. The van der Waals surface area contributed by atoms with E-state index in [1.165, 1.54) is 5.00 Å². The van der Waals surface area contributed by atoms with Crippen molar-refractivity contribution in [3.8, 4) is 5.75 Å². The molecular weight excluding hydrogens is 459 g/mol. The molecule has 0 amide bonds. The van der Waals surface area contributed by atoms with Gasteiger partial charge in [-0.1, -0.05) is 12.1 Å². The second-order valence-corrected chi connectivity index (χ2v) is 6.87. The van der Waals surface area contributed by atoms with Gasteiger partial charge in [0.05, 0.1) is 18.7 Å². The van der Waals surface area contributed by atoms with Crippen LogP contribution >= 0.6 is 35.3 Å². The molecule has 0 atom stereocenters. The van der Waals surface area contributed by atoms with Gasteiger partial charge in [-0.15, -0.1) is 35.3 Å². The smallest absolute Gasteiger partial charge is 0.194 e. The summed E-state index contributed by atoms with van der Waals surface area (Å²) in [6.45, 7) is 7.69. The zero-order chi connectivity index (χ0) is 17.5. The van der Waals surface area contributed by atoms with Gasteiger partial charge in [-0.3, -0.25) is 0 Å². The van der Waals surface area contributed by atoms with Crippen LogP contribution < -0.4 is 15.0 Å². The summed E-state index contributed by atoms with van der Waals surface area (Å²) in [4.78, 5) is 9.64. The monoisotopic (exact) mass is 486 g/mol. The Morgan fingerprint density at radius 3 is 2.65 bits per heavy atom. The average molecular weight is 486 g/mol. The predicted molar refractivity (Wildman–Crippen MR) is 121 cm³/mol. The summed E-state index contributed by atoms with van der Waals surface area (Å²) < 4.78 is 5.29. The molecule has 26 heavy (non-hydrogen) atoms. The van der Waals surface area contributed by atoms with Crippen LogP contribution in [0.25, 0.3) is 0 Å². The van der Waals surface area contributed by atoms with Gasteiger partial charge in [0.1, 0.15) is 5.75 Å². The lowest BCUT2D eigenvalue weighted by Crippen LogP contribution is -2.52. The number of anilines is 1. The van der Waals surface area contributed by atoms with Gasteiger partial charge >= 0.3 is 0 Å². The Bertz CT molecular complexity index is 685. The van der Waals surface area contributed by atoms with E-state index in [9.17, 15) is 0 Å². The lowest BCUT2D eigenvalue weighted by atomic mass is 10.2. The van der Waals surface area contributed by atoms with Crippen molar-refractivity contribution in [3.05, 3.63) is 47.3 Å². The van der Waals surface area contributed by atoms with Gasteiger partial charge in [-0.2, -0.15) is 0 Å². The molecule has 1 aliphatic heterocycles. The molecule has 0 radical (unpaired) electrons. The minimum atomic E-state index is 0. The maximum atomic E-state index is 5.29. The third kappa shape index (κ3) is 5.51. The van der Waals surface area contributed by atoms with Crippen molar-refractivity contribution in [1.29, 1.82) is 0 Å². The lowest BCUT2D eigenvalue weighted by molar-refractivity contribution is 0.373. The van der Waals surface area contributed by atoms with Gasteiger partial charge < -0.3 is 19.9 Å². The average Bonchev–Trinajstić information content (AvgIpc) is 3.20. The lowest BCUT2D eigenvalue weighted by Gasteiger charge is -2.37. The third-order valence-corrected chi connectivity index (χ3v) is 5.21. The highest BCUT2D eigenvalue weighted by Gasteiger charge is 2.20. The van der Waals surface area contributed by atoms with Crippen LogP contribution in [0, 0.1) is 0 Å². The minimum absolute atomic E-state index is 0. The Morgan fingerprint density at radius 1 is 1.19 bits per heavy atom. The number of rotatable bonds is 5. The fourth-order valence-electron chi connectivity index (χ4n) is 2.95. The summed E-state index contributed by atoms with van der Waals surface area (Å²) in [6.07, 6.45) is 0. The second-order valence-electron chi connectivity index (χ2n) is 5.95. The molecule has 0 spiro atoms.